The van der Waals surface area contributed by atoms with E-state index in [0.29, 0.717) is 60.9 Å². The number of nitrogens with zero attached hydrogens (tertiary/aromatic N) is 2. The zero-order valence-corrected chi connectivity index (χ0v) is 18.0. The standard InChI is InChI=1S/C22H28ClN3O4/c1-30-19-11-16(23)2-5-18(19)22(29)25-8-6-14(7-9-25)12-26-13-15(10-20(26)27)21(28)24-17-3-4-17/h2,5,11,14-15,17H,3-4,6-10,12-13H2,1H3,(H,24,28). The Hall–Kier alpha value is -2.28. The molecule has 2 aliphatic heterocycles. The maximum atomic E-state index is 12.9. The number of ether oxygens (including phenoxy) is 1. The molecule has 1 N–H and O–H groups in total. The quantitative estimate of drug-likeness (QED) is 0.746. The second kappa shape index (κ2) is 8.84. The number of amides is 3. The van der Waals surface area contributed by atoms with Gasteiger partial charge in [-0.2, -0.15) is 0 Å². The van der Waals surface area contributed by atoms with Gasteiger partial charge in [0.1, 0.15) is 5.75 Å². The van der Waals surface area contributed by atoms with Gasteiger partial charge >= 0.3 is 0 Å². The minimum absolute atomic E-state index is 0.0191. The molecule has 4 rings (SSSR count). The van der Waals surface area contributed by atoms with Crippen LogP contribution in [-0.2, 0) is 9.59 Å². The molecular weight excluding hydrogens is 406 g/mol. The van der Waals surface area contributed by atoms with Gasteiger partial charge in [0.2, 0.25) is 11.8 Å². The van der Waals surface area contributed by atoms with Crippen molar-refractivity contribution >= 4 is 29.3 Å². The van der Waals surface area contributed by atoms with Crippen LogP contribution in [0.25, 0.3) is 0 Å². The van der Waals surface area contributed by atoms with Crippen molar-refractivity contribution in [2.75, 3.05) is 33.3 Å². The molecule has 3 aliphatic rings. The highest BCUT2D eigenvalue weighted by Gasteiger charge is 2.37. The van der Waals surface area contributed by atoms with Crippen molar-refractivity contribution in [1.29, 1.82) is 0 Å². The average Bonchev–Trinajstić information content (AvgIpc) is 3.49. The lowest BCUT2D eigenvalue weighted by molar-refractivity contribution is -0.129. The van der Waals surface area contributed by atoms with Crippen LogP contribution in [-0.4, -0.2) is 66.9 Å². The van der Waals surface area contributed by atoms with Gasteiger partial charge in [-0.1, -0.05) is 11.6 Å². The Labute approximate surface area is 181 Å². The Morgan fingerprint density at radius 1 is 1.20 bits per heavy atom. The summed E-state index contributed by atoms with van der Waals surface area (Å²) in [4.78, 5) is 41.2. The molecule has 8 heteroatoms. The van der Waals surface area contributed by atoms with Gasteiger partial charge in [0.15, 0.2) is 0 Å². The van der Waals surface area contributed by atoms with E-state index in [0.717, 1.165) is 25.7 Å². The predicted molar refractivity (Wildman–Crippen MR) is 112 cm³/mol. The topological polar surface area (TPSA) is 79.0 Å². The van der Waals surface area contributed by atoms with Gasteiger partial charge in [0, 0.05) is 43.7 Å². The molecule has 0 bridgehead atoms. The van der Waals surface area contributed by atoms with E-state index in [1.165, 1.54) is 7.11 Å². The molecule has 1 saturated carbocycles. The minimum atomic E-state index is -0.225. The molecule has 1 unspecified atom stereocenters. The van der Waals surface area contributed by atoms with Gasteiger partial charge in [0.25, 0.3) is 5.91 Å². The summed E-state index contributed by atoms with van der Waals surface area (Å²) >= 11 is 5.99. The van der Waals surface area contributed by atoms with E-state index in [1.807, 2.05) is 9.80 Å². The Morgan fingerprint density at radius 2 is 1.93 bits per heavy atom. The summed E-state index contributed by atoms with van der Waals surface area (Å²) in [6.07, 6.45) is 4.09. The molecule has 1 atom stereocenters. The molecular formula is C22H28ClN3O4. The summed E-state index contributed by atoms with van der Waals surface area (Å²) < 4.78 is 5.31. The minimum Gasteiger partial charge on any atom is -0.496 e. The molecule has 2 saturated heterocycles. The van der Waals surface area contributed by atoms with E-state index in [1.54, 1.807) is 18.2 Å². The number of likely N-dealkylation sites (tertiary alicyclic amines) is 2. The van der Waals surface area contributed by atoms with E-state index in [4.69, 9.17) is 16.3 Å². The summed E-state index contributed by atoms with van der Waals surface area (Å²) in [7, 11) is 1.53. The second-order valence-electron chi connectivity index (χ2n) is 8.56. The number of carbonyl (C=O) groups is 3. The van der Waals surface area contributed by atoms with Crippen LogP contribution in [0.2, 0.25) is 5.02 Å². The van der Waals surface area contributed by atoms with E-state index in [9.17, 15) is 14.4 Å². The summed E-state index contributed by atoms with van der Waals surface area (Å²) in [5, 5.41) is 3.54. The number of hydrogen-bond acceptors (Lipinski definition) is 4. The molecule has 0 spiro atoms. The maximum absolute atomic E-state index is 12.9. The first kappa shape index (κ1) is 21.0. The lowest BCUT2D eigenvalue weighted by atomic mass is 9.95. The van der Waals surface area contributed by atoms with Crippen LogP contribution in [0.4, 0.5) is 0 Å². The fraction of sp³-hybridized carbons (Fsp3) is 0.591. The predicted octanol–water partition coefficient (Wildman–Crippen LogP) is 2.33. The summed E-state index contributed by atoms with van der Waals surface area (Å²) in [6, 6.07) is 5.36. The lowest BCUT2D eigenvalue weighted by Gasteiger charge is -2.34. The number of benzene rings is 1. The smallest absolute Gasteiger partial charge is 0.257 e. The number of rotatable bonds is 6. The molecule has 30 heavy (non-hydrogen) atoms. The molecule has 162 valence electrons. The number of piperidine rings is 1. The van der Waals surface area contributed by atoms with Crippen molar-refractivity contribution in [2.45, 2.75) is 38.1 Å². The van der Waals surface area contributed by atoms with Gasteiger partial charge < -0.3 is 19.9 Å². The number of carbonyl (C=O) groups excluding carboxylic acids is 3. The van der Waals surface area contributed by atoms with E-state index >= 15 is 0 Å². The van der Waals surface area contributed by atoms with Crippen LogP contribution >= 0.6 is 11.6 Å². The largest absolute Gasteiger partial charge is 0.496 e. The first-order valence-corrected chi connectivity index (χ1v) is 11.0. The molecule has 3 fully saturated rings. The zero-order chi connectivity index (χ0) is 21.3. The highest BCUT2D eigenvalue weighted by atomic mass is 35.5. The Kier molecular flexibility index (Phi) is 6.18. The number of nitrogens with one attached hydrogen (secondary N) is 1. The van der Waals surface area contributed by atoms with Gasteiger partial charge in [-0.25, -0.2) is 0 Å². The van der Waals surface area contributed by atoms with Crippen LogP contribution in [0.15, 0.2) is 18.2 Å². The van der Waals surface area contributed by atoms with E-state index in [2.05, 4.69) is 5.32 Å². The van der Waals surface area contributed by atoms with Crippen LogP contribution < -0.4 is 10.1 Å². The highest BCUT2D eigenvalue weighted by Crippen LogP contribution is 2.28. The summed E-state index contributed by atoms with van der Waals surface area (Å²) in [6.45, 7) is 2.46. The normalized spacial score (nSPS) is 22.3. The fourth-order valence-electron chi connectivity index (χ4n) is 4.31. The van der Waals surface area contributed by atoms with Crippen molar-refractivity contribution in [3.63, 3.8) is 0 Å². The Morgan fingerprint density at radius 3 is 2.60 bits per heavy atom. The summed E-state index contributed by atoms with van der Waals surface area (Å²) in [5.41, 5.74) is 0.514. The zero-order valence-electron chi connectivity index (χ0n) is 17.2. The van der Waals surface area contributed by atoms with Crippen molar-refractivity contribution in [2.24, 2.45) is 11.8 Å². The van der Waals surface area contributed by atoms with E-state index in [-0.39, 0.29) is 23.6 Å². The first-order chi connectivity index (χ1) is 14.4. The lowest BCUT2D eigenvalue weighted by Crippen LogP contribution is -2.42. The van der Waals surface area contributed by atoms with Crippen molar-refractivity contribution in [3.05, 3.63) is 28.8 Å². The number of methoxy groups -OCH3 is 1. The van der Waals surface area contributed by atoms with Crippen molar-refractivity contribution in [1.82, 2.24) is 15.1 Å². The molecule has 1 aromatic rings. The third-order valence-electron chi connectivity index (χ3n) is 6.28. The molecule has 3 amide bonds. The van der Waals surface area contributed by atoms with Gasteiger partial charge in [0.05, 0.1) is 18.6 Å². The van der Waals surface area contributed by atoms with Gasteiger partial charge in [-0.05, 0) is 49.8 Å². The van der Waals surface area contributed by atoms with Crippen molar-refractivity contribution in [3.8, 4) is 5.75 Å². The van der Waals surface area contributed by atoms with Crippen LogP contribution in [0.5, 0.6) is 5.75 Å². The van der Waals surface area contributed by atoms with E-state index < -0.39 is 0 Å². The second-order valence-corrected chi connectivity index (χ2v) is 9.00. The van der Waals surface area contributed by atoms with Gasteiger partial charge in [-0.15, -0.1) is 0 Å². The maximum Gasteiger partial charge on any atom is 0.257 e. The van der Waals surface area contributed by atoms with Crippen molar-refractivity contribution < 1.29 is 19.1 Å². The molecule has 1 aromatic carbocycles. The highest BCUT2D eigenvalue weighted by molar-refractivity contribution is 6.30. The third-order valence-corrected chi connectivity index (χ3v) is 6.52. The van der Waals surface area contributed by atoms with Crippen LogP contribution in [0.1, 0.15) is 42.5 Å². The number of hydrogen-bond donors (Lipinski definition) is 1. The molecule has 2 heterocycles. The molecule has 0 aromatic heterocycles. The third kappa shape index (κ3) is 4.72. The molecule has 7 nitrogen and oxygen atoms in total. The summed E-state index contributed by atoms with van der Waals surface area (Å²) in [5.74, 6) is 0.623. The van der Waals surface area contributed by atoms with Crippen LogP contribution in [0, 0.1) is 11.8 Å². The molecule has 0 radical (unpaired) electrons. The Balaban J connectivity index is 1.28. The Bertz CT molecular complexity index is 834. The van der Waals surface area contributed by atoms with Crippen LogP contribution in [0.3, 0.4) is 0 Å². The molecule has 1 aliphatic carbocycles. The fourth-order valence-corrected chi connectivity index (χ4v) is 4.48. The van der Waals surface area contributed by atoms with Gasteiger partial charge in [-0.3, -0.25) is 14.4 Å². The SMILES string of the molecule is COc1cc(Cl)ccc1C(=O)N1CCC(CN2CC(C(=O)NC3CC3)CC2=O)CC1. The first-order valence-electron chi connectivity index (χ1n) is 10.7. The average molecular weight is 434 g/mol. The monoisotopic (exact) mass is 433 g/mol. The number of halogens is 1.